The maximum Gasteiger partial charge on any atom is 0.195 e. The summed E-state index contributed by atoms with van der Waals surface area (Å²) < 4.78 is 2.09. The van der Waals surface area contributed by atoms with Crippen LogP contribution in [-0.4, -0.2) is 23.0 Å². The summed E-state index contributed by atoms with van der Waals surface area (Å²) in [7, 11) is 2.11. The minimum absolute atomic E-state index is 0.516. The molecule has 0 radical (unpaired) electrons. The van der Waals surface area contributed by atoms with Crippen molar-refractivity contribution in [3.63, 3.8) is 0 Å². The first-order chi connectivity index (χ1) is 7.79. The Morgan fingerprint density at radius 3 is 3.12 bits per heavy atom. The van der Waals surface area contributed by atoms with E-state index < -0.39 is 0 Å². The fourth-order valence-corrected chi connectivity index (χ4v) is 3.00. The summed E-state index contributed by atoms with van der Waals surface area (Å²) in [5.74, 6) is 2.43. The number of fused-ring (bicyclic) bond motifs is 1. The molecular weight excluding hydrogens is 242 g/mol. The predicted molar refractivity (Wildman–Crippen MR) is 68.6 cm³/mol. The molecule has 0 bridgehead atoms. The van der Waals surface area contributed by atoms with Crippen LogP contribution < -0.4 is 4.90 Å². The predicted octanol–water partition coefficient (Wildman–Crippen LogP) is 2.98. The molecule has 5 heteroatoms. The number of rotatable bonds is 4. The van der Waals surface area contributed by atoms with Gasteiger partial charge in [0, 0.05) is 25.2 Å². The molecule has 0 amide bonds. The number of thiazole rings is 1. The Labute approximate surface area is 104 Å². The van der Waals surface area contributed by atoms with Crippen molar-refractivity contribution in [2.45, 2.75) is 18.7 Å². The van der Waals surface area contributed by atoms with Crippen molar-refractivity contribution in [3.05, 3.63) is 17.3 Å². The highest BCUT2D eigenvalue weighted by Gasteiger charge is 2.25. The van der Waals surface area contributed by atoms with Crippen molar-refractivity contribution in [1.82, 2.24) is 9.38 Å². The van der Waals surface area contributed by atoms with Gasteiger partial charge in [-0.3, -0.25) is 4.40 Å². The first kappa shape index (κ1) is 10.4. The van der Waals surface area contributed by atoms with Crippen molar-refractivity contribution in [2.75, 3.05) is 18.5 Å². The first-order valence-corrected chi connectivity index (χ1v) is 6.92. The number of aromatic nitrogens is 2. The third-order valence-electron chi connectivity index (χ3n) is 3.06. The minimum atomic E-state index is 0.516. The standard InChI is InChI=1S/C11H14ClN3S/c1-14(7-8-2-3-8)10-9(6-12)15-4-5-16-11(15)13-10/h4-5,8H,2-3,6-7H2,1H3. The van der Waals surface area contributed by atoms with Crippen LogP contribution in [0.3, 0.4) is 0 Å². The highest BCUT2D eigenvalue weighted by atomic mass is 35.5. The van der Waals surface area contributed by atoms with Crippen molar-refractivity contribution < 1.29 is 0 Å². The van der Waals surface area contributed by atoms with Crippen molar-refractivity contribution in [3.8, 4) is 0 Å². The van der Waals surface area contributed by atoms with E-state index in [0.717, 1.165) is 28.9 Å². The van der Waals surface area contributed by atoms with Gasteiger partial charge in [0.05, 0.1) is 11.6 Å². The van der Waals surface area contributed by atoms with E-state index in [1.165, 1.54) is 12.8 Å². The van der Waals surface area contributed by atoms with Gasteiger partial charge in [-0.2, -0.15) is 0 Å². The van der Waals surface area contributed by atoms with Crippen LogP contribution >= 0.6 is 22.9 Å². The van der Waals surface area contributed by atoms with Crippen molar-refractivity contribution >= 4 is 33.7 Å². The third kappa shape index (κ3) is 1.70. The quantitative estimate of drug-likeness (QED) is 0.783. The molecule has 3 rings (SSSR count). The minimum Gasteiger partial charge on any atom is -0.358 e. The molecular formula is C11H14ClN3S. The number of imidazole rings is 1. The van der Waals surface area contributed by atoms with Gasteiger partial charge in [0.1, 0.15) is 0 Å². The molecule has 0 unspecified atom stereocenters. The second-order valence-corrected chi connectivity index (χ2v) is 5.54. The van der Waals surface area contributed by atoms with Gasteiger partial charge in [0.15, 0.2) is 10.8 Å². The Morgan fingerprint density at radius 1 is 1.62 bits per heavy atom. The number of halogens is 1. The van der Waals surface area contributed by atoms with E-state index in [9.17, 15) is 0 Å². The van der Waals surface area contributed by atoms with Gasteiger partial charge in [0.2, 0.25) is 0 Å². The molecule has 0 saturated heterocycles. The average Bonchev–Trinajstić information content (AvgIpc) is 2.85. The van der Waals surface area contributed by atoms with Gasteiger partial charge in [-0.15, -0.1) is 22.9 Å². The van der Waals surface area contributed by atoms with E-state index in [1.807, 2.05) is 11.6 Å². The Hall–Kier alpha value is -0.740. The number of hydrogen-bond donors (Lipinski definition) is 0. The lowest BCUT2D eigenvalue weighted by Gasteiger charge is -2.17. The second kappa shape index (κ2) is 3.93. The maximum absolute atomic E-state index is 6.02. The van der Waals surface area contributed by atoms with Crippen LogP contribution in [-0.2, 0) is 5.88 Å². The molecule has 2 heterocycles. The summed E-state index contributed by atoms with van der Waals surface area (Å²) in [6.07, 6.45) is 4.77. The van der Waals surface area contributed by atoms with E-state index in [4.69, 9.17) is 11.6 Å². The Bertz CT molecular complexity index is 500. The number of nitrogens with zero attached hydrogens (tertiary/aromatic N) is 3. The molecule has 2 aromatic rings. The molecule has 3 nitrogen and oxygen atoms in total. The molecule has 1 saturated carbocycles. The van der Waals surface area contributed by atoms with Gasteiger partial charge in [0.25, 0.3) is 0 Å². The van der Waals surface area contributed by atoms with Gasteiger partial charge in [-0.25, -0.2) is 4.98 Å². The molecule has 1 aliphatic carbocycles. The molecule has 16 heavy (non-hydrogen) atoms. The lowest BCUT2D eigenvalue weighted by atomic mass is 10.3. The molecule has 1 fully saturated rings. The summed E-state index contributed by atoms with van der Waals surface area (Å²) >= 11 is 7.68. The summed E-state index contributed by atoms with van der Waals surface area (Å²) in [4.78, 5) is 7.93. The summed E-state index contributed by atoms with van der Waals surface area (Å²) in [5.41, 5.74) is 1.11. The van der Waals surface area contributed by atoms with Gasteiger partial charge in [-0.1, -0.05) is 0 Å². The lowest BCUT2D eigenvalue weighted by Crippen LogP contribution is -2.21. The smallest absolute Gasteiger partial charge is 0.195 e. The fourth-order valence-electron chi connectivity index (χ4n) is 2.03. The maximum atomic E-state index is 6.02. The van der Waals surface area contributed by atoms with Crippen molar-refractivity contribution in [2.24, 2.45) is 5.92 Å². The van der Waals surface area contributed by atoms with Crippen LogP contribution in [0.4, 0.5) is 5.82 Å². The van der Waals surface area contributed by atoms with Crippen LogP contribution in [0.15, 0.2) is 11.6 Å². The van der Waals surface area contributed by atoms with Crippen LogP contribution in [0.25, 0.3) is 4.96 Å². The van der Waals surface area contributed by atoms with Gasteiger partial charge < -0.3 is 4.90 Å². The molecule has 0 N–H and O–H groups in total. The summed E-state index contributed by atoms with van der Waals surface area (Å²) in [6, 6.07) is 0. The van der Waals surface area contributed by atoms with E-state index >= 15 is 0 Å². The second-order valence-electron chi connectivity index (χ2n) is 4.40. The third-order valence-corrected chi connectivity index (χ3v) is 4.07. The Balaban J connectivity index is 1.96. The Kier molecular flexibility index (Phi) is 2.56. The average molecular weight is 256 g/mol. The number of alkyl halides is 1. The molecule has 0 atom stereocenters. The van der Waals surface area contributed by atoms with Gasteiger partial charge in [-0.05, 0) is 18.8 Å². The van der Waals surface area contributed by atoms with E-state index in [1.54, 1.807) is 11.3 Å². The highest BCUT2D eigenvalue weighted by Crippen LogP contribution is 2.32. The number of anilines is 1. The number of hydrogen-bond acceptors (Lipinski definition) is 3. The van der Waals surface area contributed by atoms with Crippen molar-refractivity contribution in [1.29, 1.82) is 0 Å². The lowest BCUT2D eigenvalue weighted by molar-refractivity contribution is 0.776. The molecule has 1 aliphatic rings. The zero-order valence-electron chi connectivity index (χ0n) is 9.19. The van der Waals surface area contributed by atoms with Crippen LogP contribution in [0, 0.1) is 5.92 Å². The largest absolute Gasteiger partial charge is 0.358 e. The summed E-state index contributed by atoms with van der Waals surface area (Å²) in [5, 5.41) is 2.04. The fraction of sp³-hybridized carbons (Fsp3) is 0.545. The molecule has 2 aromatic heterocycles. The monoisotopic (exact) mass is 255 g/mol. The zero-order valence-corrected chi connectivity index (χ0v) is 10.8. The van der Waals surface area contributed by atoms with Gasteiger partial charge >= 0.3 is 0 Å². The van der Waals surface area contributed by atoms with E-state index in [-0.39, 0.29) is 0 Å². The first-order valence-electron chi connectivity index (χ1n) is 5.51. The molecule has 0 aliphatic heterocycles. The molecule has 0 spiro atoms. The molecule has 0 aromatic carbocycles. The Morgan fingerprint density at radius 2 is 2.44 bits per heavy atom. The molecule has 86 valence electrons. The van der Waals surface area contributed by atoms with Crippen LogP contribution in [0.1, 0.15) is 18.5 Å². The highest BCUT2D eigenvalue weighted by molar-refractivity contribution is 7.15. The van der Waals surface area contributed by atoms with Crippen LogP contribution in [0.2, 0.25) is 0 Å². The topological polar surface area (TPSA) is 20.5 Å². The SMILES string of the molecule is CN(CC1CC1)c1nc2sccn2c1CCl. The normalized spacial score (nSPS) is 15.9. The zero-order chi connectivity index (χ0) is 11.1. The van der Waals surface area contributed by atoms with Crippen LogP contribution in [0.5, 0.6) is 0 Å². The van der Waals surface area contributed by atoms with E-state index in [2.05, 4.69) is 21.3 Å². The summed E-state index contributed by atoms with van der Waals surface area (Å²) in [6.45, 7) is 1.11. The van der Waals surface area contributed by atoms with E-state index in [0.29, 0.717) is 5.88 Å².